The maximum atomic E-state index is 12.1. The summed E-state index contributed by atoms with van der Waals surface area (Å²) in [5.41, 5.74) is 0.976. The lowest BCUT2D eigenvalue weighted by Crippen LogP contribution is -2.49. The van der Waals surface area contributed by atoms with Crippen LogP contribution in [0.4, 0.5) is 0 Å². The van der Waals surface area contributed by atoms with Gasteiger partial charge in [0, 0.05) is 18.6 Å². The molecule has 1 rings (SSSR count). The fourth-order valence-electron chi connectivity index (χ4n) is 2.04. The Morgan fingerprint density at radius 3 is 2.05 bits per heavy atom. The average molecular weight is 262 g/mol. The first-order chi connectivity index (χ1) is 8.93. The molecule has 0 bridgehead atoms. The minimum Gasteiger partial charge on any atom is -0.344 e. The van der Waals surface area contributed by atoms with Gasteiger partial charge in [-0.1, -0.05) is 30.3 Å². The van der Waals surface area contributed by atoms with Gasteiger partial charge < -0.3 is 10.2 Å². The zero-order valence-electron chi connectivity index (χ0n) is 12.0. The van der Waals surface area contributed by atoms with Gasteiger partial charge in [-0.15, -0.1) is 0 Å². The molecule has 0 aromatic heterocycles. The van der Waals surface area contributed by atoms with E-state index in [-0.39, 0.29) is 12.1 Å². The Bertz CT molecular complexity index is 419. The molecule has 104 valence electrons. The van der Waals surface area contributed by atoms with E-state index in [4.69, 9.17) is 0 Å². The molecule has 0 aliphatic carbocycles. The first-order valence-corrected chi connectivity index (χ1v) is 6.58. The molecule has 4 nitrogen and oxygen atoms in total. The highest BCUT2D eigenvalue weighted by molar-refractivity contribution is 6.35. The lowest BCUT2D eigenvalue weighted by molar-refractivity contribution is -0.148. The van der Waals surface area contributed by atoms with Crippen molar-refractivity contribution in [2.75, 3.05) is 0 Å². The first kappa shape index (κ1) is 15.2. The zero-order valence-corrected chi connectivity index (χ0v) is 12.0. The molecule has 2 amide bonds. The molecule has 1 aromatic carbocycles. The van der Waals surface area contributed by atoms with Crippen LogP contribution in [0.2, 0.25) is 0 Å². The summed E-state index contributed by atoms with van der Waals surface area (Å²) < 4.78 is 0. The number of carbonyl (C=O) groups is 2. The summed E-state index contributed by atoms with van der Waals surface area (Å²) in [6.45, 7) is 7.99. The van der Waals surface area contributed by atoms with E-state index in [0.29, 0.717) is 6.54 Å². The number of nitrogens with one attached hydrogen (secondary N) is 1. The molecule has 0 unspecified atom stereocenters. The van der Waals surface area contributed by atoms with E-state index in [1.807, 2.05) is 58.0 Å². The van der Waals surface area contributed by atoms with E-state index in [9.17, 15) is 9.59 Å². The minimum atomic E-state index is -0.550. The average Bonchev–Trinajstić information content (AvgIpc) is 2.36. The Hall–Kier alpha value is -1.84. The highest BCUT2D eigenvalue weighted by Gasteiger charge is 2.25. The van der Waals surface area contributed by atoms with E-state index < -0.39 is 11.8 Å². The normalized spacial score (nSPS) is 10.6. The smallest absolute Gasteiger partial charge is 0.312 e. The number of hydrogen-bond acceptors (Lipinski definition) is 2. The summed E-state index contributed by atoms with van der Waals surface area (Å²) in [6, 6.07) is 9.55. The summed E-state index contributed by atoms with van der Waals surface area (Å²) in [5.74, 6) is -1.02. The maximum Gasteiger partial charge on any atom is 0.312 e. The van der Waals surface area contributed by atoms with E-state index in [1.165, 1.54) is 0 Å². The molecule has 0 atom stereocenters. The van der Waals surface area contributed by atoms with Gasteiger partial charge in [0.2, 0.25) is 0 Å². The summed E-state index contributed by atoms with van der Waals surface area (Å²) >= 11 is 0. The second-order valence-corrected chi connectivity index (χ2v) is 5.07. The van der Waals surface area contributed by atoms with Crippen LogP contribution in [-0.4, -0.2) is 28.8 Å². The van der Waals surface area contributed by atoms with Gasteiger partial charge in [0.15, 0.2) is 0 Å². The summed E-state index contributed by atoms with van der Waals surface area (Å²) in [4.78, 5) is 25.5. The van der Waals surface area contributed by atoms with Crippen molar-refractivity contribution in [1.82, 2.24) is 10.2 Å². The number of carbonyl (C=O) groups excluding carboxylic acids is 2. The van der Waals surface area contributed by atoms with Crippen LogP contribution in [0.15, 0.2) is 30.3 Å². The van der Waals surface area contributed by atoms with Gasteiger partial charge in [0.05, 0.1) is 0 Å². The van der Waals surface area contributed by atoms with Crippen LogP contribution in [0.3, 0.4) is 0 Å². The summed E-state index contributed by atoms with van der Waals surface area (Å²) in [7, 11) is 0. The molecule has 0 saturated carbocycles. The number of nitrogens with zero attached hydrogens (tertiary/aromatic N) is 1. The van der Waals surface area contributed by atoms with Crippen LogP contribution in [0.25, 0.3) is 0 Å². The third kappa shape index (κ3) is 4.39. The van der Waals surface area contributed by atoms with Gasteiger partial charge in [-0.3, -0.25) is 9.59 Å². The highest BCUT2D eigenvalue weighted by Crippen LogP contribution is 2.06. The SMILES string of the molecule is CC(C)N(C(=O)C(=O)NCc1ccccc1)C(C)C. The molecular weight excluding hydrogens is 240 g/mol. The predicted octanol–water partition coefficient (Wildman–Crippen LogP) is 1.95. The third-order valence-electron chi connectivity index (χ3n) is 2.84. The van der Waals surface area contributed by atoms with E-state index in [0.717, 1.165) is 5.56 Å². The number of rotatable bonds is 4. The van der Waals surface area contributed by atoms with E-state index in [1.54, 1.807) is 4.90 Å². The van der Waals surface area contributed by atoms with Crippen molar-refractivity contribution in [3.05, 3.63) is 35.9 Å². The van der Waals surface area contributed by atoms with Crippen LogP contribution < -0.4 is 5.32 Å². The molecule has 0 aliphatic rings. The van der Waals surface area contributed by atoms with Gasteiger partial charge in [-0.25, -0.2) is 0 Å². The quantitative estimate of drug-likeness (QED) is 0.843. The van der Waals surface area contributed by atoms with Gasteiger partial charge in [0.1, 0.15) is 0 Å². The number of benzene rings is 1. The largest absolute Gasteiger partial charge is 0.344 e. The topological polar surface area (TPSA) is 49.4 Å². The fourth-order valence-corrected chi connectivity index (χ4v) is 2.04. The van der Waals surface area contributed by atoms with Crippen LogP contribution >= 0.6 is 0 Å². The minimum absolute atomic E-state index is 0.00924. The van der Waals surface area contributed by atoms with Gasteiger partial charge in [-0.2, -0.15) is 0 Å². The van der Waals surface area contributed by atoms with Crippen molar-refractivity contribution in [2.45, 2.75) is 46.3 Å². The Balaban J connectivity index is 2.60. The molecule has 4 heteroatoms. The van der Waals surface area contributed by atoms with Crippen molar-refractivity contribution in [3.63, 3.8) is 0 Å². The Kier molecular flexibility index (Phi) is 5.55. The Morgan fingerprint density at radius 1 is 1.05 bits per heavy atom. The molecule has 0 aliphatic heterocycles. The lowest BCUT2D eigenvalue weighted by atomic mass is 10.2. The molecule has 0 heterocycles. The van der Waals surface area contributed by atoms with Crippen molar-refractivity contribution in [3.8, 4) is 0 Å². The van der Waals surface area contributed by atoms with Crippen LogP contribution in [-0.2, 0) is 16.1 Å². The van der Waals surface area contributed by atoms with Gasteiger partial charge in [-0.05, 0) is 33.3 Å². The molecule has 0 radical (unpaired) electrons. The number of hydrogen-bond donors (Lipinski definition) is 1. The highest BCUT2D eigenvalue weighted by atomic mass is 16.2. The fraction of sp³-hybridized carbons (Fsp3) is 0.467. The predicted molar refractivity (Wildman–Crippen MR) is 75.4 cm³/mol. The monoisotopic (exact) mass is 262 g/mol. The van der Waals surface area contributed by atoms with Gasteiger partial charge >= 0.3 is 11.8 Å². The molecule has 19 heavy (non-hydrogen) atoms. The van der Waals surface area contributed by atoms with Crippen LogP contribution in [0.5, 0.6) is 0 Å². The van der Waals surface area contributed by atoms with Crippen molar-refractivity contribution in [2.24, 2.45) is 0 Å². The van der Waals surface area contributed by atoms with Crippen molar-refractivity contribution < 1.29 is 9.59 Å². The molecule has 0 saturated heterocycles. The lowest BCUT2D eigenvalue weighted by Gasteiger charge is -2.29. The Labute approximate surface area is 114 Å². The second-order valence-electron chi connectivity index (χ2n) is 5.07. The molecule has 0 spiro atoms. The van der Waals surface area contributed by atoms with Gasteiger partial charge in [0.25, 0.3) is 0 Å². The van der Waals surface area contributed by atoms with Crippen LogP contribution in [0.1, 0.15) is 33.3 Å². The summed E-state index contributed by atoms with van der Waals surface area (Å²) in [6.07, 6.45) is 0. The molecule has 1 aromatic rings. The van der Waals surface area contributed by atoms with Crippen molar-refractivity contribution in [1.29, 1.82) is 0 Å². The third-order valence-corrected chi connectivity index (χ3v) is 2.84. The zero-order chi connectivity index (χ0) is 14.4. The van der Waals surface area contributed by atoms with E-state index >= 15 is 0 Å². The van der Waals surface area contributed by atoms with Crippen molar-refractivity contribution >= 4 is 11.8 Å². The van der Waals surface area contributed by atoms with Crippen LogP contribution in [0, 0.1) is 0 Å². The second kappa shape index (κ2) is 6.92. The maximum absolute atomic E-state index is 12.1. The van der Waals surface area contributed by atoms with E-state index in [2.05, 4.69) is 5.32 Å². The standard InChI is InChI=1S/C15H22N2O2/c1-11(2)17(12(3)4)15(19)14(18)16-10-13-8-6-5-7-9-13/h5-9,11-12H,10H2,1-4H3,(H,16,18). The number of amides is 2. The molecule has 1 N–H and O–H groups in total. The molecular formula is C15H22N2O2. The first-order valence-electron chi connectivity index (χ1n) is 6.58. The summed E-state index contributed by atoms with van der Waals surface area (Å²) in [5, 5.41) is 2.66. The molecule has 0 fully saturated rings. The Morgan fingerprint density at radius 2 is 1.58 bits per heavy atom.